The molecule has 1 fully saturated rings. The molecule has 1 aliphatic heterocycles. The van der Waals surface area contributed by atoms with Gasteiger partial charge >= 0.3 is 0 Å². The first-order valence-electron chi connectivity index (χ1n) is 8.64. The molecule has 0 bridgehead atoms. The number of piperazine rings is 1. The van der Waals surface area contributed by atoms with Crippen LogP contribution in [0.3, 0.4) is 0 Å². The molecule has 0 amide bonds. The smallest absolute Gasteiger partial charge is 0.161 e. The lowest BCUT2D eigenvalue weighted by atomic mass is 10.1. The summed E-state index contributed by atoms with van der Waals surface area (Å²) in [6.07, 6.45) is 0. The van der Waals surface area contributed by atoms with Crippen LogP contribution in [-0.2, 0) is 13.2 Å². The molecular weight excluding hydrogens is 355 g/mol. The van der Waals surface area contributed by atoms with Crippen molar-refractivity contribution in [2.45, 2.75) is 26.1 Å². The van der Waals surface area contributed by atoms with Crippen LogP contribution in [0.2, 0.25) is 0 Å². The van der Waals surface area contributed by atoms with E-state index in [1.807, 2.05) is 12.1 Å². The summed E-state index contributed by atoms with van der Waals surface area (Å²) in [4.78, 5) is 2.44. The van der Waals surface area contributed by atoms with Gasteiger partial charge in [0.1, 0.15) is 12.4 Å². The number of benzene rings is 2. The Morgan fingerprint density at radius 1 is 1.12 bits per heavy atom. The fourth-order valence-corrected chi connectivity index (χ4v) is 3.09. The standard InChI is InChI=1S/C20H25FN2O2.ClH/c1-15-12-23(10-9-22-15)13-17-5-8-19(20(11-17)24-2)25-14-16-3-6-18(21)7-4-16;/h3-8,11,15,22H,9-10,12-14H2,1-2H3;1H/t15-;/m0./s1. The number of ether oxygens (including phenoxy) is 2. The van der Waals surface area contributed by atoms with Gasteiger partial charge in [0, 0.05) is 32.2 Å². The molecule has 1 aliphatic rings. The minimum Gasteiger partial charge on any atom is -0.493 e. The average Bonchev–Trinajstić information content (AvgIpc) is 2.62. The number of rotatable bonds is 6. The molecule has 0 radical (unpaired) electrons. The van der Waals surface area contributed by atoms with Crippen molar-refractivity contribution in [1.82, 2.24) is 10.2 Å². The zero-order valence-corrected chi connectivity index (χ0v) is 16.0. The van der Waals surface area contributed by atoms with Gasteiger partial charge in [-0.25, -0.2) is 4.39 Å². The van der Waals surface area contributed by atoms with Crippen molar-refractivity contribution >= 4 is 12.4 Å². The van der Waals surface area contributed by atoms with Gasteiger partial charge in [-0.2, -0.15) is 0 Å². The van der Waals surface area contributed by atoms with E-state index in [4.69, 9.17) is 9.47 Å². The van der Waals surface area contributed by atoms with Crippen molar-refractivity contribution < 1.29 is 13.9 Å². The van der Waals surface area contributed by atoms with Gasteiger partial charge in [0.2, 0.25) is 0 Å². The van der Waals surface area contributed by atoms with Gasteiger partial charge in [-0.3, -0.25) is 4.90 Å². The van der Waals surface area contributed by atoms with Crippen LogP contribution in [0.15, 0.2) is 42.5 Å². The van der Waals surface area contributed by atoms with E-state index in [-0.39, 0.29) is 18.2 Å². The number of methoxy groups -OCH3 is 1. The highest BCUT2D eigenvalue weighted by molar-refractivity contribution is 5.85. The van der Waals surface area contributed by atoms with E-state index in [1.54, 1.807) is 19.2 Å². The summed E-state index contributed by atoms with van der Waals surface area (Å²) in [6, 6.07) is 12.9. The van der Waals surface area contributed by atoms with E-state index in [1.165, 1.54) is 17.7 Å². The molecule has 26 heavy (non-hydrogen) atoms. The number of hydrogen-bond acceptors (Lipinski definition) is 4. The van der Waals surface area contributed by atoms with Crippen molar-refractivity contribution in [3.05, 3.63) is 59.4 Å². The topological polar surface area (TPSA) is 33.7 Å². The second-order valence-electron chi connectivity index (χ2n) is 6.49. The Bertz CT molecular complexity index is 697. The molecule has 0 aliphatic carbocycles. The Morgan fingerprint density at radius 3 is 2.54 bits per heavy atom. The lowest BCUT2D eigenvalue weighted by Crippen LogP contribution is -2.48. The van der Waals surface area contributed by atoms with Gasteiger partial charge in [0.05, 0.1) is 7.11 Å². The van der Waals surface area contributed by atoms with E-state index >= 15 is 0 Å². The summed E-state index contributed by atoms with van der Waals surface area (Å²) in [5.74, 6) is 1.18. The van der Waals surface area contributed by atoms with E-state index in [9.17, 15) is 4.39 Å². The molecule has 2 aromatic rings. The van der Waals surface area contributed by atoms with Crippen LogP contribution in [0.5, 0.6) is 11.5 Å². The van der Waals surface area contributed by atoms with Crippen LogP contribution in [-0.4, -0.2) is 37.7 Å². The largest absolute Gasteiger partial charge is 0.493 e. The highest BCUT2D eigenvalue weighted by Crippen LogP contribution is 2.29. The van der Waals surface area contributed by atoms with Crippen LogP contribution in [0.4, 0.5) is 4.39 Å². The molecule has 1 atom stereocenters. The van der Waals surface area contributed by atoms with Crippen molar-refractivity contribution in [3.63, 3.8) is 0 Å². The lowest BCUT2D eigenvalue weighted by molar-refractivity contribution is 0.199. The molecule has 3 rings (SSSR count). The quantitative estimate of drug-likeness (QED) is 0.829. The Kier molecular flexibility index (Phi) is 7.69. The molecule has 0 aromatic heterocycles. The summed E-state index contributed by atoms with van der Waals surface area (Å²) in [5, 5.41) is 3.46. The molecule has 1 N–H and O–H groups in total. The molecule has 1 saturated heterocycles. The monoisotopic (exact) mass is 380 g/mol. The SMILES string of the molecule is COc1cc(CN2CCN[C@@H](C)C2)ccc1OCc1ccc(F)cc1.Cl. The Morgan fingerprint density at radius 2 is 1.85 bits per heavy atom. The van der Waals surface area contributed by atoms with Crippen molar-refractivity contribution in [2.75, 3.05) is 26.7 Å². The summed E-state index contributed by atoms with van der Waals surface area (Å²) in [7, 11) is 1.65. The molecule has 142 valence electrons. The second kappa shape index (κ2) is 9.76. The number of nitrogens with zero attached hydrogens (tertiary/aromatic N) is 1. The predicted octanol–water partition coefficient (Wildman–Crippen LogP) is 3.63. The molecule has 0 saturated carbocycles. The maximum absolute atomic E-state index is 13.0. The zero-order chi connectivity index (χ0) is 17.6. The fraction of sp³-hybridized carbons (Fsp3) is 0.400. The first-order valence-corrected chi connectivity index (χ1v) is 8.64. The van der Waals surface area contributed by atoms with Crippen LogP contribution >= 0.6 is 12.4 Å². The highest BCUT2D eigenvalue weighted by Gasteiger charge is 2.16. The summed E-state index contributed by atoms with van der Waals surface area (Å²) in [6.45, 7) is 6.61. The van der Waals surface area contributed by atoms with Gasteiger partial charge in [-0.05, 0) is 42.3 Å². The van der Waals surface area contributed by atoms with Crippen molar-refractivity contribution in [3.8, 4) is 11.5 Å². The van der Waals surface area contributed by atoms with Gasteiger partial charge in [0.25, 0.3) is 0 Å². The number of hydrogen-bond donors (Lipinski definition) is 1. The Balaban J connectivity index is 0.00000243. The maximum Gasteiger partial charge on any atom is 0.161 e. The third-order valence-electron chi connectivity index (χ3n) is 4.39. The third-order valence-corrected chi connectivity index (χ3v) is 4.39. The van der Waals surface area contributed by atoms with Crippen LogP contribution in [0.1, 0.15) is 18.1 Å². The Hall–Kier alpha value is -1.82. The minimum atomic E-state index is -0.243. The molecule has 2 aromatic carbocycles. The fourth-order valence-electron chi connectivity index (χ4n) is 3.09. The van der Waals surface area contributed by atoms with Gasteiger partial charge in [0.15, 0.2) is 11.5 Å². The highest BCUT2D eigenvalue weighted by atomic mass is 35.5. The van der Waals surface area contributed by atoms with Crippen molar-refractivity contribution in [2.24, 2.45) is 0 Å². The third kappa shape index (κ3) is 5.59. The second-order valence-corrected chi connectivity index (χ2v) is 6.49. The number of nitrogens with one attached hydrogen (secondary N) is 1. The van der Waals surface area contributed by atoms with Crippen LogP contribution in [0.25, 0.3) is 0 Å². The zero-order valence-electron chi connectivity index (χ0n) is 15.2. The van der Waals surface area contributed by atoms with Crippen LogP contribution in [0, 0.1) is 5.82 Å². The van der Waals surface area contributed by atoms with Gasteiger partial charge in [-0.1, -0.05) is 18.2 Å². The summed E-state index contributed by atoms with van der Waals surface area (Å²) in [5.41, 5.74) is 2.13. The summed E-state index contributed by atoms with van der Waals surface area (Å²) < 4.78 is 24.3. The first kappa shape index (κ1) is 20.5. The van der Waals surface area contributed by atoms with Crippen LogP contribution < -0.4 is 14.8 Å². The summed E-state index contributed by atoms with van der Waals surface area (Å²) >= 11 is 0. The maximum atomic E-state index is 13.0. The normalized spacial score (nSPS) is 17.4. The molecule has 4 nitrogen and oxygen atoms in total. The lowest BCUT2D eigenvalue weighted by Gasteiger charge is -2.31. The van der Waals surface area contributed by atoms with Gasteiger partial charge in [-0.15, -0.1) is 12.4 Å². The first-order chi connectivity index (χ1) is 12.1. The molecule has 0 unspecified atom stereocenters. The minimum absolute atomic E-state index is 0. The molecule has 0 spiro atoms. The van der Waals surface area contributed by atoms with Gasteiger partial charge < -0.3 is 14.8 Å². The van der Waals surface area contributed by atoms with E-state index in [0.29, 0.717) is 18.4 Å². The average molecular weight is 381 g/mol. The molecule has 1 heterocycles. The Labute approximate surface area is 160 Å². The van der Waals surface area contributed by atoms with E-state index in [0.717, 1.165) is 37.5 Å². The van der Waals surface area contributed by atoms with Crippen molar-refractivity contribution in [1.29, 1.82) is 0 Å². The predicted molar refractivity (Wildman–Crippen MR) is 104 cm³/mol. The molecule has 6 heteroatoms. The van der Waals surface area contributed by atoms with E-state index in [2.05, 4.69) is 23.2 Å². The van der Waals surface area contributed by atoms with E-state index < -0.39 is 0 Å². The molecular formula is C20H26ClFN2O2. The number of halogens is 2.